The Balaban J connectivity index is 0.00000900. The molecule has 1 amide bonds. The minimum atomic E-state index is -4.31. The summed E-state index contributed by atoms with van der Waals surface area (Å²) in [6.45, 7) is 9.88. The van der Waals surface area contributed by atoms with Gasteiger partial charge in [-0.3, -0.25) is 9.59 Å². The van der Waals surface area contributed by atoms with Crippen LogP contribution >= 0.6 is 0 Å². The van der Waals surface area contributed by atoms with E-state index in [4.69, 9.17) is 5.11 Å². The van der Waals surface area contributed by atoms with E-state index >= 15 is 0 Å². The zero-order chi connectivity index (χ0) is 41.9. The summed E-state index contributed by atoms with van der Waals surface area (Å²) in [5.41, 5.74) is 5.74. The number of unbranched alkanes of at least 4 members (excludes halogenated alkanes) is 5. The summed E-state index contributed by atoms with van der Waals surface area (Å²) in [4.78, 5) is 26.7. The van der Waals surface area contributed by atoms with E-state index in [1.807, 2.05) is 60.7 Å². The molecular weight excluding hydrogens is 790 g/mol. The Bertz CT molecular complexity index is 2150. The fraction of sp³-hybridized carbons (Fsp3) is 0.465. The molecule has 0 saturated carbocycles. The number of aliphatic carboxylic acids is 1. The quantitative estimate of drug-likeness (QED) is 0.0443. The first-order valence-electron chi connectivity index (χ1n) is 19.6. The Hall–Kier alpha value is -3.37. The number of nitrogens with zero attached hydrogens (tertiary/aromatic N) is 2. The van der Waals surface area contributed by atoms with Crippen LogP contribution in [-0.2, 0) is 40.7 Å². The molecule has 2 aliphatic rings. The molecular formula is C43H56N3NaO9S2. The molecule has 2 aliphatic heterocycles. The molecule has 0 atom stereocenters. The average Bonchev–Trinajstić information content (AvgIpc) is 3.48. The summed E-state index contributed by atoms with van der Waals surface area (Å²) in [6, 6.07) is 16.0. The Labute approximate surface area is 366 Å². The average molecular weight is 846 g/mol. The first-order chi connectivity index (χ1) is 26.8. The molecule has 0 bridgehead atoms. The summed E-state index contributed by atoms with van der Waals surface area (Å²) in [5.74, 6) is -1.94. The topological polar surface area (TPSA) is 187 Å². The number of carboxylic acids is 1. The van der Waals surface area contributed by atoms with Crippen molar-refractivity contribution in [3.05, 3.63) is 107 Å². The molecule has 0 unspecified atom stereocenters. The third-order valence-corrected chi connectivity index (χ3v) is 12.2. The monoisotopic (exact) mass is 845 g/mol. The van der Waals surface area contributed by atoms with Crippen LogP contribution in [0.5, 0.6) is 0 Å². The smallest absolute Gasteiger partial charge is 0.748 e. The van der Waals surface area contributed by atoms with E-state index in [1.54, 1.807) is 12.2 Å². The molecule has 0 spiro atoms. The van der Waals surface area contributed by atoms with Crippen molar-refractivity contribution in [3.63, 3.8) is 0 Å². The van der Waals surface area contributed by atoms with Crippen molar-refractivity contribution >= 4 is 49.2 Å². The fourth-order valence-electron chi connectivity index (χ4n) is 7.61. The standard InChI is InChI=1S/C43H57N3O9S2.Na/c1-42(2)34-21-8-10-23-36(34)45(29-13-15-31-56(50,51)52)38(42)25-17-19-33(41(49)44-28-12-6-5-7-27-40(47)48)20-18-26-39-43(3,4)35-22-9-11-24-37(35)46(39)30-14-16-32-57(53,54)55;/h8-11,17-26H,5-7,12-16,27-32H2,1-4H3,(H3-,44,47,48,49,50,51,52,53,54,55);/q;+1/p-1. The molecule has 15 heteroatoms. The van der Waals surface area contributed by atoms with Gasteiger partial charge in [-0.15, -0.1) is 0 Å². The molecule has 0 fully saturated rings. The number of rotatable bonds is 22. The van der Waals surface area contributed by atoms with Gasteiger partial charge in [-0.2, -0.15) is 4.58 Å². The van der Waals surface area contributed by atoms with Gasteiger partial charge in [0.05, 0.1) is 25.7 Å². The maximum Gasteiger partial charge on any atom is 1.00 e. The molecule has 58 heavy (non-hydrogen) atoms. The SMILES string of the molecule is CC1(C)C(/C=C/C=C(/C=C/C=C2/N(CCCCS(=O)(=O)[O-])c3ccccc3C2(C)C)C(=O)NCCCCCCC(=O)O)=[N+](CCCCS(=O)(=O)[O-])c2ccccc21.[Na+]. The predicted molar refractivity (Wildman–Crippen MR) is 222 cm³/mol. The molecule has 2 aromatic rings. The van der Waals surface area contributed by atoms with E-state index in [-0.39, 0.29) is 54.7 Å². The van der Waals surface area contributed by atoms with Crippen molar-refractivity contribution in [2.24, 2.45) is 0 Å². The van der Waals surface area contributed by atoms with Crippen molar-refractivity contribution in [1.29, 1.82) is 0 Å². The number of nitrogens with one attached hydrogen (secondary N) is 1. The summed E-state index contributed by atoms with van der Waals surface area (Å²) < 4.78 is 69.6. The van der Waals surface area contributed by atoms with Gasteiger partial charge in [0.25, 0.3) is 5.91 Å². The molecule has 0 aromatic heterocycles. The van der Waals surface area contributed by atoms with Crippen LogP contribution in [0.1, 0.15) is 96.6 Å². The number of allylic oxidation sites excluding steroid dienone is 6. The Morgan fingerprint density at radius 1 is 0.793 bits per heavy atom. The Morgan fingerprint density at radius 2 is 1.41 bits per heavy atom. The number of benzene rings is 2. The number of fused-ring (bicyclic) bond motifs is 2. The number of carbonyl (C=O) groups is 2. The number of carboxylic acid groups (broad SMARTS) is 1. The second kappa shape index (κ2) is 21.8. The number of carbonyl (C=O) groups excluding carboxylic acids is 1. The van der Waals surface area contributed by atoms with Crippen LogP contribution in [0.2, 0.25) is 0 Å². The largest absolute Gasteiger partial charge is 1.00 e. The van der Waals surface area contributed by atoms with Gasteiger partial charge in [-0.05, 0) is 75.8 Å². The van der Waals surface area contributed by atoms with E-state index in [1.165, 1.54) is 0 Å². The summed E-state index contributed by atoms with van der Waals surface area (Å²) in [5, 5.41) is 11.9. The van der Waals surface area contributed by atoms with Crippen LogP contribution in [0.4, 0.5) is 11.4 Å². The summed E-state index contributed by atoms with van der Waals surface area (Å²) >= 11 is 0. The van der Waals surface area contributed by atoms with Gasteiger partial charge in [0, 0.05) is 77.5 Å². The van der Waals surface area contributed by atoms with Crippen LogP contribution in [-0.4, -0.2) is 84.4 Å². The Morgan fingerprint density at radius 3 is 2.09 bits per heavy atom. The Kier molecular flexibility index (Phi) is 18.4. The number of amides is 1. The summed E-state index contributed by atoms with van der Waals surface area (Å²) in [6.07, 6.45) is 15.5. The van der Waals surface area contributed by atoms with Crippen molar-refractivity contribution in [2.75, 3.05) is 36.0 Å². The molecule has 310 valence electrons. The van der Waals surface area contributed by atoms with Crippen LogP contribution in [0.25, 0.3) is 0 Å². The van der Waals surface area contributed by atoms with Gasteiger partial charge in [0.15, 0.2) is 5.71 Å². The van der Waals surface area contributed by atoms with Gasteiger partial charge >= 0.3 is 35.5 Å². The second-order valence-corrected chi connectivity index (χ2v) is 18.7. The molecule has 4 rings (SSSR count). The van der Waals surface area contributed by atoms with Crippen molar-refractivity contribution < 1.29 is 74.8 Å². The molecule has 2 N–H and O–H groups in total. The van der Waals surface area contributed by atoms with Crippen molar-refractivity contribution in [3.8, 4) is 0 Å². The predicted octanol–water partition coefficient (Wildman–Crippen LogP) is 3.59. The number of hydrogen-bond acceptors (Lipinski definition) is 9. The fourth-order valence-corrected chi connectivity index (χ4v) is 8.73. The molecule has 0 radical (unpaired) electrons. The zero-order valence-corrected chi connectivity index (χ0v) is 38.0. The van der Waals surface area contributed by atoms with Crippen molar-refractivity contribution in [1.82, 2.24) is 5.32 Å². The number of anilines is 1. The second-order valence-electron chi connectivity index (χ2n) is 15.6. The van der Waals surface area contributed by atoms with Gasteiger partial charge in [-0.1, -0.05) is 75.2 Å². The van der Waals surface area contributed by atoms with Gasteiger partial charge < -0.3 is 24.4 Å². The first-order valence-corrected chi connectivity index (χ1v) is 22.7. The molecule has 0 saturated heterocycles. The van der Waals surface area contributed by atoms with E-state index < -0.39 is 48.5 Å². The van der Waals surface area contributed by atoms with E-state index in [9.17, 15) is 35.5 Å². The van der Waals surface area contributed by atoms with E-state index in [0.717, 1.165) is 46.8 Å². The van der Waals surface area contributed by atoms with Crippen LogP contribution in [0.3, 0.4) is 0 Å². The van der Waals surface area contributed by atoms with Crippen LogP contribution in [0, 0.1) is 0 Å². The van der Waals surface area contributed by atoms with Gasteiger partial charge in [0.1, 0.15) is 6.54 Å². The number of para-hydroxylation sites is 2. The normalized spacial score (nSPS) is 16.9. The minimum Gasteiger partial charge on any atom is -0.748 e. The van der Waals surface area contributed by atoms with Gasteiger partial charge in [0.2, 0.25) is 5.69 Å². The van der Waals surface area contributed by atoms with Gasteiger partial charge in [-0.25, -0.2) is 16.8 Å². The summed E-state index contributed by atoms with van der Waals surface area (Å²) in [7, 11) is -8.62. The number of hydrogen-bond donors (Lipinski definition) is 2. The van der Waals surface area contributed by atoms with E-state index in [2.05, 4.69) is 54.6 Å². The molecule has 2 aromatic carbocycles. The van der Waals surface area contributed by atoms with Crippen molar-refractivity contribution in [2.45, 2.75) is 96.3 Å². The van der Waals surface area contributed by atoms with E-state index in [0.29, 0.717) is 50.9 Å². The maximum atomic E-state index is 13.7. The molecule has 12 nitrogen and oxygen atoms in total. The minimum absolute atomic E-state index is 0. The van der Waals surface area contributed by atoms with Crippen LogP contribution < -0.4 is 39.8 Å². The first kappa shape index (κ1) is 49.0. The molecule has 0 aliphatic carbocycles. The molecule has 2 heterocycles. The zero-order valence-electron chi connectivity index (χ0n) is 34.4. The van der Waals surface area contributed by atoms with Crippen LogP contribution in [0.15, 0.2) is 96.3 Å². The third-order valence-electron chi connectivity index (χ3n) is 10.6. The maximum absolute atomic E-state index is 13.7. The third kappa shape index (κ3) is 13.9.